The molecule has 0 spiro atoms. The zero-order valence-corrected chi connectivity index (χ0v) is 12.8. The third-order valence-corrected chi connectivity index (χ3v) is 4.08. The molecule has 0 N–H and O–H groups in total. The minimum atomic E-state index is -0.233. The van der Waals surface area contributed by atoms with E-state index in [0.29, 0.717) is 33.8 Å². The van der Waals surface area contributed by atoms with Gasteiger partial charge in [0.05, 0.1) is 31.7 Å². The second-order valence-corrected chi connectivity index (χ2v) is 5.42. The highest BCUT2D eigenvalue weighted by Gasteiger charge is 2.34. The molecule has 112 valence electrons. The number of hydrogen-bond donors (Lipinski definition) is 0. The standard InChI is InChI=1S/C14H12N4O3S/c1-20-10-5-8-9(6-11(10)21-2)16-14(22-4-3-15)18-7-12(19)17-13(8)18/h5-6H,4,7H2,1-2H3. The van der Waals surface area contributed by atoms with Crippen LogP contribution in [0.1, 0.15) is 5.56 Å². The third kappa shape index (κ3) is 2.29. The minimum Gasteiger partial charge on any atom is -0.493 e. The van der Waals surface area contributed by atoms with Crippen molar-refractivity contribution in [3.8, 4) is 17.6 Å². The van der Waals surface area contributed by atoms with Crippen molar-refractivity contribution in [1.82, 2.24) is 4.90 Å². The van der Waals surface area contributed by atoms with Crippen molar-refractivity contribution in [3.63, 3.8) is 0 Å². The van der Waals surface area contributed by atoms with Gasteiger partial charge in [0.1, 0.15) is 12.4 Å². The van der Waals surface area contributed by atoms with Gasteiger partial charge >= 0.3 is 0 Å². The quantitative estimate of drug-likeness (QED) is 0.841. The number of nitriles is 1. The molecule has 0 unspecified atom stereocenters. The van der Waals surface area contributed by atoms with Crippen molar-refractivity contribution in [2.75, 3.05) is 26.5 Å². The molecule has 2 aliphatic heterocycles. The number of fused-ring (bicyclic) bond motifs is 3. The summed E-state index contributed by atoms with van der Waals surface area (Å²) in [6.07, 6.45) is 0. The zero-order valence-electron chi connectivity index (χ0n) is 12.0. The van der Waals surface area contributed by atoms with Gasteiger partial charge in [-0.2, -0.15) is 10.3 Å². The Kier molecular flexibility index (Phi) is 3.73. The molecule has 2 aliphatic rings. The predicted molar refractivity (Wildman–Crippen MR) is 83.0 cm³/mol. The van der Waals surface area contributed by atoms with Crippen LogP contribution in [0.4, 0.5) is 5.69 Å². The smallest absolute Gasteiger partial charge is 0.267 e. The Bertz CT molecular complexity index is 751. The van der Waals surface area contributed by atoms with Crippen molar-refractivity contribution in [2.24, 2.45) is 9.98 Å². The molecular weight excluding hydrogens is 304 g/mol. The minimum absolute atomic E-state index is 0.139. The van der Waals surface area contributed by atoms with Crippen molar-refractivity contribution in [1.29, 1.82) is 5.26 Å². The predicted octanol–water partition coefficient (Wildman–Crippen LogP) is 1.55. The van der Waals surface area contributed by atoms with Crippen LogP contribution in [0.2, 0.25) is 0 Å². The monoisotopic (exact) mass is 316 g/mol. The molecule has 3 rings (SSSR count). The Hall–Kier alpha value is -2.53. The molecule has 1 aromatic carbocycles. The molecule has 2 heterocycles. The molecule has 0 saturated heterocycles. The Balaban J connectivity index is 2.14. The van der Waals surface area contributed by atoms with Crippen LogP contribution in [0, 0.1) is 11.3 Å². The molecule has 7 nitrogen and oxygen atoms in total. The number of benzene rings is 1. The van der Waals surface area contributed by atoms with Gasteiger partial charge in [-0.1, -0.05) is 11.8 Å². The number of ether oxygens (including phenoxy) is 2. The second-order valence-electron chi connectivity index (χ2n) is 4.48. The number of nitrogens with zero attached hydrogens (tertiary/aromatic N) is 4. The average Bonchev–Trinajstić information content (AvgIpc) is 2.93. The highest BCUT2D eigenvalue weighted by molar-refractivity contribution is 8.14. The molecule has 1 aromatic rings. The highest BCUT2D eigenvalue weighted by atomic mass is 32.2. The lowest BCUT2D eigenvalue weighted by Crippen LogP contribution is -2.36. The van der Waals surface area contributed by atoms with Crippen LogP contribution in [0.15, 0.2) is 22.1 Å². The summed E-state index contributed by atoms with van der Waals surface area (Å²) >= 11 is 1.27. The molecule has 0 saturated carbocycles. The number of methoxy groups -OCH3 is 2. The number of rotatable bonds is 3. The van der Waals surface area contributed by atoms with Crippen LogP contribution in [-0.4, -0.2) is 48.3 Å². The van der Waals surface area contributed by atoms with Gasteiger partial charge in [0, 0.05) is 11.6 Å². The van der Waals surface area contributed by atoms with E-state index in [1.165, 1.54) is 11.8 Å². The van der Waals surface area contributed by atoms with E-state index in [0.717, 1.165) is 0 Å². The van der Waals surface area contributed by atoms with Crippen LogP contribution in [0.3, 0.4) is 0 Å². The SMILES string of the molecule is COc1cc2c(cc1OC)C1=NC(=O)CN1C(SCC#N)=N2. The highest BCUT2D eigenvalue weighted by Crippen LogP contribution is 2.39. The number of carbonyl (C=O) groups excluding carboxylic acids is 1. The van der Waals surface area contributed by atoms with E-state index in [1.54, 1.807) is 31.3 Å². The normalized spacial score (nSPS) is 15.5. The van der Waals surface area contributed by atoms with E-state index in [9.17, 15) is 4.79 Å². The Morgan fingerprint density at radius 2 is 2.05 bits per heavy atom. The molecule has 0 aliphatic carbocycles. The van der Waals surface area contributed by atoms with Crippen molar-refractivity contribution < 1.29 is 14.3 Å². The molecular formula is C14H12N4O3S. The molecule has 0 atom stereocenters. The summed E-state index contributed by atoms with van der Waals surface area (Å²) in [5.41, 5.74) is 1.35. The van der Waals surface area contributed by atoms with Gasteiger partial charge in [0.2, 0.25) is 0 Å². The van der Waals surface area contributed by atoms with Crippen LogP contribution in [0.25, 0.3) is 0 Å². The van der Waals surface area contributed by atoms with Crippen molar-refractivity contribution in [3.05, 3.63) is 17.7 Å². The van der Waals surface area contributed by atoms with E-state index < -0.39 is 0 Å². The Morgan fingerprint density at radius 1 is 1.32 bits per heavy atom. The van der Waals surface area contributed by atoms with Gasteiger partial charge in [0.25, 0.3) is 5.91 Å². The van der Waals surface area contributed by atoms with Gasteiger partial charge in [0.15, 0.2) is 16.7 Å². The molecule has 0 radical (unpaired) electrons. The largest absolute Gasteiger partial charge is 0.493 e. The first-order valence-electron chi connectivity index (χ1n) is 6.41. The van der Waals surface area contributed by atoms with Crippen LogP contribution in [0.5, 0.6) is 11.5 Å². The summed E-state index contributed by atoms with van der Waals surface area (Å²) in [5.74, 6) is 1.65. The fraction of sp³-hybridized carbons (Fsp3) is 0.286. The molecule has 1 amide bonds. The first-order valence-corrected chi connectivity index (χ1v) is 7.40. The summed E-state index contributed by atoms with van der Waals surface area (Å²) in [5, 5.41) is 9.35. The van der Waals surface area contributed by atoms with Gasteiger partial charge < -0.3 is 9.47 Å². The second kappa shape index (κ2) is 5.69. The molecule has 22 heavy (non-hydrogen) atoms. The van der Waals surface area contributed by atoms with E-state index in [1.807, 2.05) is 0 Å². The molecule has 8 heteroatoms. The topological polar surface area (TPSA) is 87.3 Å². The maximum Gasteiger partial charge on any atom is 0.267 e. The number of aliphatic imine (C=N–C) groups is 2. The van der Waals surface area contributed by atoms with Gasteiger partial charge in [-0.25, -0.2) is 4.99 Å². The van der Waals surface area contributed by atoms with E-state index >= 15 is 0 Å². The first kappa shape index (κ1) is 14.4. The molecule has 0 aromatic heterocycles. The summed E-state index contributed by atoms with van der Waals surface area (Å²) in [6, 6.07) is 5.55. The first-order chi connectivity index (χ1) is 10.7. The fourth-order valence-electron chi connectivity index (χ4n) is 2.30. The van der Waals surface area contributed by atoms with Gasteiger partial charge in [-0.05, 0) is 6.07 Å². The Morgan fingerprint density at radius 3 is 2.73 bits per heavy atom. The summed E-state index contributed by atoms with van der Waals surface area (Å²) in [6.45, 7) is 0.139. The maximum absolute atomic E-state index is 11.7. The summed E-state index contributed by atoms with van der Waals surface area (Å²) in [4.78, 5) is 22.0. The van der Waals surface area contributed by atoms with Crippen LogP contribution < -0.4 is 9.47 Å². The number of hydrogen-bond acceptors (Lipinski definition) is 7. The lowest BCUT2D eigenvalue weighted by atomic mass is 10.1. The summed E-state index contributed by atoms with van der Waals surface area (Å²) < 4.78 is 10.6. The maximum atomic E-state index is 11.7. The van der Waals surface area contributed by atoms with Crippen LogP contribution in [-0.2, 0) is 4.79 Å². The zero-order chi connectivity index (χ0) is 15.7. The lowest BCUT2D eigenvalue weighted by molar-refractivity contribution is -0.116. The number of amides is 1. The number of thioether (sulfide) groups is 1. The lowest BCUT2D eigenvalue weighted by Gasteiger charge is -2.26. The number of carbonyl (C=O) groups is 1. The van der Waals surface area contributed by atoms with E-state index in [-0.39, 0.29) is 18.2 Å². The third-order valence-electron chi connectivity index (χ3n) is 3.24. The number of amidine groups is 2. The van der Waals surface area contributed by atoms with Crippen LogP contribution >= 0.6 is 11.8 Å². The van der Waals surface area contributed by atoms with E-state index in [4.69, 9.17) is 14.7 Å². The summed E-state index contributed by atoms with van der Waals surface area (Å²) in [7, 11) is 3.09. The average molecular weight is 316 g/mol. The van der Waals surface area contributed by atoms with Gasteiger partial charge in [-0.3, -0.25) is 9.69 Å². The van der Waals surface area contributed by atoms with E-state index in [2.05, 4.69) is 16.1 Å². The molecule has 0 fully saturated rings. The Labute approximate surface area is 131 Å². The fourth-order valence-corrected chi connectivity index (χ4v) is 2.96. The molecule has 0 bridgehead atoms. The van der Waals surface area contributed by atoms with Crippen molar-refractivity contribution >= 4 is 34.4 Å². The van der Waals surface area contributed by atoms with Crippen molar-refractivity contribution in [2.45, 2.75) is 0 Å². The van der Waals surface area contributed by atoms with Gasteiger partial charge in [-0.15, -0.1) is 0 Å².